The third kappa shape index (κ3) is 5.34. The van der Waals surface area contributed by atoms with E-state index in [9.17, 15) is 14.8 Å². The van der Waals surface area contributed by atoms with Gasteiger partial charge in [-0.15, -0.1) is 0 Å². The smallest absolute Gasteiger partial charge is 0.258 e. The minimum atomic E-state index is -0.807. The molecule has 3 rings (SSSR count). The first-order chi connectivity index (χ1) is 15.2. The highest BCUT2D eigenvalue weighted by Crippen LogP contribution is 2.34. The molecule has 8 nitrogen and oxygen atoms in total. The van der Waals surface area contributed by atoms with Crippen LogP contribution in [0.2, 0.25) is 5.02 Å². The van der Waals surface area contributed by atoms with Crippen LogP contribution < -0.4 is 15.2 Å². The van der Waals surface area contributed by atoms with E-state index in [0.717, 1.165) is 6.07 Å². The minimum absolute atomic E-state index is 0.0668. The average molecular weight is 461 g/mol. The van der Waals surface area contributed by atoms with Crippen molar-refractivity contribution in [2.45, 2.75) is 39.0 Å². The van der Waals surface area contributed by atoms with E-state index < -0.39 is 18.0 Å². The van der Waals surface area contributed by atoms with E-state index in [2.05, 4.69) is 16.2 Å². The van der Waals surface area contributed by atoms with Crippen LogP contribution >= 0.6 is 11.6 Å². The average Bonchev–Trinajstić information content (AvgIpc) is 3.23. The first-order valence-electron chi connectivity index (χ1n) is 9.80. The van der Waals surface area contributed by atoms with Gasteiger partial charge in [-0.05, 0) is 45.0 Å². The quantitative estimate of drug-likeness (QED) is 0.517. The molecule has 1 aromatic heterocycles. The highest BCUT2D eigenvalue weighted by molar-refractivity contribution is 6.33. The highest BCUT2D eigenvalue weighted by atomic mass is 35.5. The predicted octanol–water partition coefficient (Wildman–Crippen LogP) is 3.94. The molecule has 0 unspecified atom stereocenters. The van der Waals surface area contributed by atoms with E-state index in [-0.39, 0.29) is 40.8 Å². The molecule has 32 heavy (non-hydrogen) atoms. The van der Waals surface area contributed by atoms with Crippen LogP contribution in [0.5, 0.6) is 11.5 Å². The largest absolute Gasteiger partial charge is 0.490 e. The van der Waals surface area contributed by atoms with Crippen molar-refractivity contribution in [2.75, 3.05) is 6.61 Å². The fourth-order valence-corrected chi connectivity index (χ4v) is 2.93. The molecule has 0 saturated carbocycles. The second-order valence-corrected chi connectivity index (χ2v) is 7.80. The van der Waals surface area contributed by atoms with Gasteiger partial charge in [0.05, 0.1) is 28.8 Å². The van der Waals surface area contributed by atoms with Gasteiger partial charge in [0, 0.05) is 17.2 Å². The normalized spacial score (nSPS) is 13.0. The Morgan fingerprint density at radius 2 is 2.00 bits per heavy atom. The zero-order chi connectivity index (χ0) is 23.4. The first kappa shape index (κ1) is 23.5. The summed E-state index contributed by atoms with van der Waals surface area (Å²) in [5, 5.41) is 22.8. The molecule has 168 valence electrons. The Morgan fingerprint density at radius 1 is 1.25 bits per heavy atom. The molecule has 0 aliphatic carbocycles. The fourth-order valence-electron chi connectivity index (χ4n) is 2.69. The third-order valence-electron chi connectivity index (χ3n) is 4.45. The standard InChI is InChI=1S/C22H22ClFN4O4/c1-11(2)31-19-5-4-13(6-14(19)9-25)22-27-21(28-32-22)15-7-17(24)20(8-16(15)23)30-10-18(26)12(3)29/h4-8,11-12,18,29H,10,26H2,1-3H3/t12-,18+/m1/s1. The van der Waals surface area contributed by atoms with Gasteiger partial charge in [-0.3, -0.25) is 0 Å². The Bertz CT molecular complexity index is 1140. The highest BCUT2D eigenvalue weighted by Gasteiger charge is 2.19. The molecule has 0 spiro atoms. The van der Waals surface area contributed by atoms with Gasteiger partial charge in [-0.2, -0.15) is 10.2 Å². The lowest BCUT2D eigenvalue weighted by molar-refractivity contribution is 0.129. The van der Waals surface area contributed by atoms with Crippen LogP contribution in [0, 0.1) is 17.1 Å². The summed E-state index contributed by atoms with van der Waals surface area (Å²) in [4.78, 5) is 4.27. The first-order valence-corrected chi connectivity index (χ1v) is 10.2. The number of nitrogens with two attached hydrogens (primary N) is 1. The Hall–Kier alpha value is -3.19. The van der Waals surface area contributed by atoms with Crippen molar-refractivity contribution in [3.8, 4) is 40.4 Å². The Balaban J connectivity index is 1.85. The van der Waals surface area contributed by atoms with Crippen LogP contribution in [0.1, 0.15) is 26.3 Å². The topological polar surface area (TPSA) is 127 Å². The Labute approximate surface area is 189 Å². The minimum Gasteiger partial charge on any atom is -0.490 e. The molecule has 2 atom stereocenters. The Morgan fingerprint density at radius 3 is 2.66 bits per heavy atom. The number of nitriles is 1. The fraction of sp³-hybridized carbons (Fsp3) is 0.318. The molecule has 0 aliphatic heterocycles. The van der Waals surface area contributed by atoms with Crippen molar-refractivity contribution in [3.63, 3.8) is 0 Å². The lowest BCUT2D eigenvalue weighted by Gasteiger charge is -2.16. The maximum absolute atomic E-state index is 14.5. The van der Waals surface area contributed by atoms with Crippen LogP contribution in [0.15, 0.2) is 34.9 Å². The number of benzene rings is 2. The van der Waals surface area contributed by atoms with Gasteiger partial charge in [0.2, 0.25) is 5.82 Å². The lowest BCUT2D eigenvalue weighted by Crippen LogP contribution is -2.38. The summed E-state index contributed by atoms with van der Waals surface area (Å²) < 4.78 is 30.7. The van der Waals surface area contributed by atoms with Crippen LogP contribution in [0.4, 0.5) is 4.39 Å². The number of rotatable bonds is 8. The summed E-state index contributed by atoms with van der Waals surface area (Å²) in [5.41, 5.74) is 6.71. The molecule has 0 bridgehead atoms. The Kier molecular flexibility index (Phi) is 7.30. The van der Waals surface area contributed by atoms with Crippen molar-refractivity contribution in [2.24, 2.45) is 5.73 Å². The van der Waals surface area contributed by atoms with E-state index >= 15 is 0 Å². The van der Waals surface area contributed by atoms with Crippen LogP contribution in [0.25, 0.3) is 22.8 Å². The molecule has 1 heterocycles. The molecular weight excluding hydrogens is 439 g/mol. The summed E-state index contributed by atoms with van der Waals surface area (Å²) in [5.74, 6) is -0.167. The summed E-state index contributed by atoms with van der Waals surface area (Å²) in [6.45, 7) is 5.15. The van der Waals surface area contributed by atoms with Gasteiger partial charge >= 0.3 is 0 Å². The number of halogens is 2. The SMILES string of the molecule is CC(C)Oc1ccc(-c2nc(-c3cc(F)c(OC[C@H](N)[C@@H](C)O)cc3Cl)no2)cc1C#N. The number of aliphatic hydroxyl groups excluding tert-OH is 1. The molecule has 10 heteroatoms. The van der Waals surface area contributed by atoms with E-state index in [1.807, 2.05) is 13.8 Å². The van der Waals surface area contributed by atoms with Gasteiger partial charge in [-0.1, -0.05) is 16.8 Å². The zero-order valence-corrected chi connectivity index (χ0v) is 18.4. The van der Waals surface area contributed by atoms with Gasteiger partial charge in [0.1, 0.15) is 18.4 Å². The van der Waals surface area contributed by atoms with Crippen molar-refractivity contribution in [1.29, 1.82) is 5.26 Å². The predicted molar refractivity (Wildman–Crippen MR) is 116 cm³/mol. The van der Waals surface area contributed by atoms with Crippen LogP contribution in [0.3, 0.4) is 0 Å². The van der Waals surface area contributed by atoms with Crippen LogP contribution in [-0.4, -0.2) is 40.1 Å². The van der Waals surface area contributed by atoms with E-state index in [1.54, 1.807) is 18.2 Å². The maximum atomic E-state index is 14.5. The van der Waals surface area contributed by atoms with Gasteiger partial charge in [0.15, 0.2) is 11.6 Å². The van der Waals surface area contributed by atoms with E-state index in [4.69, 9.17) is 31.3 Å². The maximum Gasteiger partial charge on any atom is 0.258 e. The summed E-state index contributed by atoms with van der Waals surface area (Å²) in [7, 11) is 0. The molecule has 0 amide bonds. The molecular formula is C22H22ClFN4O4. The van der Waals surface area contributed by atoms with Crippen molar-refractivity contribution >= 4 is 11.6 Å². The monoisotopic (exact) mass is 460 g/mol. The van der Waals surface area contributed by atoms with Crippen molar-refractivity contribution < 1.29 is 23.5 Å². The number of hydrogen-bond acceptors (Lipinski definition) is 8. The molecule has 0 radical (unpaired) electrons. The molecule has 0 aliphatic rings. The van der Waals surface area contributed by atoms with Crippen molar-refractivity contribution in [3.05, 3.63) is 46.7 Å². The third-order valence-corrected chi connectivity index (χ3v) is 4.76. The number of hydrogen-bond donors (Lipinski definition) is 2. The molecule has 3 aromatic rings. The second kappa shape index (κ2) is 9.96. The summed E-state index contributed by atoms with van der Waals surface area (Å²) in [6, 6.07) is 8.70. The molecule has 2 aromatic carbocycles. The van der Waals surface area contributed by atoms with Crippen molar-refractivity contribution in [1.82, 2.24) is 10.1 Å². The lowest BCUT2D eigenvalue weighted by atomic mass is 10.1. The van der Waals surface area contributed by atoms with Gasteiger partial charge in [-0.25, -0.2) is 4.39 Å². The zero-order valence-electron chi connectivity index (χ0n) is 17.7. The number of nitrogens with zero attached hydrogens (tertiary/aromatic N) is 3. The van der Waals surface area contributed by atoms with Gasteiger partial charge in [0.25, 0.3) is 5.89 Å². The second-order valence-electron chi connectivity index (χ2n) is 7.39. The number of aliphatic hydroxyl groups is 1. The molecule has 3 N–H and O–H groups in total. The van der Waals surface area contributed by atoms with E-state index in [1.165, 1.54) is 13.0 Å². The number of aromatic nitrogens is 2. The molecule has 0 saturated heterocycles. The summed E-state index contributed by atoms with van der Waals surface area (Å²) in [6.07, 6.45) is -0.896. The summed E-state index contributed by atoms with van der Waals surface area (Å²) >= 11 is 6.28. The van der Waals surface area contributed by atoms with E-state index in [0.29, 0.717) is 16.9 Å². The van der Waals surface area contributed by atoms with Gasteiger partial charge < -0.3 is 24.8 Å². The van der Waals surface area contributed by atoms with Crippen LogP contribution in [-0.2, 0) is 0 Å². The number of ether oxygens (including phenoxy) is 2. The molecule has 0 fully saturated rings.